The number of benzene rings is 2. The fourth-order valence-corrected chi connectivity index (χ4v) is 3.21. The fourth-order valence-electron chi connectivity index (χ4n) is 3.21. The second-order valence-corrected chi connectivity index (χ2v) is 5.68. The van der Waals surface area contributed by atoms with Crippen LogP contribution in [0.3, 0.4) is 0 Å². The van der Waals surface area contributed by atoms with Crippen LogP contribution in [0, 0.1) is 11.3 Å². The normalized spacial score (nSPS) is 18.1. The molecule has 0 saturated carbocycles. The molecule has 23 heavy (non-hydrogen) atoms. The Kier molecular flexibility index (Phi) is 2.91. The first kappa shape index (κ1) is 13.5. The third-order valence-electron chi connectivity index (χ3n) is 4.33. The molecule has 1 saturated heterocycles. The van der Waals surface area contributed by atoms with Crippen LogP contribution in [0.25, 0.3) is 21.7 Å². The first-order valence-electron chi connectivity index (χ1n) is 7.35. The second kappa shape index (κ2) is 4.96. The van der Waals surface area contributed by atoms with Crippen molar-refractivity contribution in [3.05, 3.63) is 47.7 Å². The van der Waals surface area contributed by atoms with E-state index in [9.17, 15) is 9.59 Å². The first-order valence-corrected chi connectivity index (χ1v) is 7.35. The number of amides is 2. The van der Waals surface area contributed by atoms with Crippen molar-refractivity contribution in [3.63, 3.8) is 0 Å². The average Bonchev–Trinajstić information content (AvgIpc) is 2.98. The highest BCUT2D eigenvalue weighted by molar-refractivity contribution is 6.10. The number of nitrogens with one attached hydrogen (secondary N) is 1. The zero-order valence-electron chi connectivity index (χ0n) is 12.1. The van der Waals surface area contributed by atoms with Crippen LogP contribution in [0.1, 0.15) is 29.9 Å². The van der Waals surface area contributed by atoms with E-state index in [2.05, 4.69) is 11.4 Å². The number of piperidine rings is 1. The van der Waals surface area contributed by atoms with Crippen molar-refractivity contribution in [1.29, 1.82) is 5.26 Å². The molecule has 5 nitrogen and oxygen atoms in total. The Balaban J connectivity index is 1.94. The summed E-state index contributed by atoms with van der Waals surface area (Å²) >= 11 is 0. The first-order chi connectivity index (χ1) is 11.2. The maximum absolute atomic E-state index is 12.2. The van der Waals surface area contributed by atoms with Gasteiger partial charge in [0, 0.05) is 17.4 Å². The maximum atomic E-state index is 12.2. The molecule has 1 fully saturated rings. The monoisotopic (exact) mass is 304 g/mol. The molecule has 1 aromatic heterocycles. The van der Waals surface area contributed by atoms with Gasteiger partial charge >= 0.3 is 0 Å². The van der Waals surface area contributed by atoms with Gasteiger partial charge in [0.1, 0.15) is 5.58 Å². The van der Waals surface area contributed by atoms with Crippen LogP contribution < -0.4 is 5.32 Å². The summed E-state index contributed by atoms with van der Waals surface area (Å²) in [5.41, 5.74) is 2.07. The van der Waals surface area contributed by atoms with Gasteiger partial charge in [0.15, 0.2) is 0 Å². The average molecular weight is 304 g/mol. The van der Waals surface area contributed by atoms with Gasteiger partial charge in [0.2, 0.25) is 11.8 Å². The van der Waals surface area contributed by atoms with E-state index in [-0.39, 0.29) is 11.8 Å². The summed E-state index contributed by atoms with van der Waals surface area (Å²) < 4.78 is 5.61. The quantitative estimate of drug-likeness (QED) is 0.701. The minimum Gasteiger partial charge on any atom is -0.464 e. The van der Waals surface area contributed by atoms with Gasteiger partial charge in [0.05, 0.1) is 23.8 Å². The molecule has 2 heterocycles. The molecular weight excluding hydrogens is 292 g/mol. The number of hydrogen-bond acceptors (Lipinski definition) is 4. The summed E-state index contributed by atoms with van der Waals surface area (Å²) in [7, 11) is 0. The van der Waals surface area contributed by atoms with Gasteiger partial charge in [-0.05, 0) is 35.4 Å². The highest BCUT2D eigenvalue weighted by Crippen LogP contribution is 2.36. The van der Waals surface area contributed by atoms with E-state index in [1.807, 2.05) is 24.3 Å². The Labute approximate surface area is 131 Å². The lowest BCUT2D eigenvalue weighted by atomic mass is 9.88. The summed E-state index contributed by atoms with van der Waals surface area (Å²) in [6, 6.07) is 11.3. The molecule has 0 radical (unpaired) electrons. The van der Waals surface area contributed by atoms with Crippen molar-refractivity contribution in [2.45, 2.75) is 18.8 Å². The van der Waals surface area contributed by atoms with E-state index in [1.54, 1.807) is 12.3 Å². The fraction of sp³-hybridized carbons (Fsp3) is 0.167. The van der Waals surface area contributed by atoms with E-state index >= 15 is 0 Å². The van der Waals surface area contributed by atoms with E-state index in [4.69, 9.17) is 9.68 Å². The lowest BCUT2D eigenvalue weighted by molar-refractivity contribution is -0.134. The number of carbonyl (C=O) groups is 2. The molecule has 0 aliphatic carbocycles. The molecule has 1 atom stereocenters. The predicted molar refractivity (Wildman–Crippen MR) is 83.6 cm³/mol. The Morgan fingerprint density at radius 1 is 1.22 bits per heavy atom. The van der Waals surface area contributed by atoms with Crippen molar-refractivity contribution >= 4 is 33.6 Å². The van der Waals surface area contributed by atoms with Gasteiger partial charge in [-0.3, -0.25) is 14.9 Å². The van der Waals surface area contributed by atoms with Gasteiger partial charge in [-0.2, -0.15) is 5.26 Å². The summed E-state index contributed by atoms with van der Waals surface area (Å²) in [5, 5.41) is 14.2. The second-order valence-electron chi connectivity index (χ2n) is 5.68. The molecule has 0 spiro atoms. The molecule has 112 valence electrons. The summed E-state index contributed by atoms with van der Waals surface area (Å²) in [4.78, 5) is 23.5. The summed E-state index contributed by atoms with van der Waals surface area (Å²) in [6.07, 6.45) is 2.40. The van der Waals surface area contributed by atoms with Crippen LogP contribution in [-0.4, -0.2) is 11.8 Å². The van der Waals surface area contributed by atoms with E-state index < -0.39 is 5.92 Å². The lowest BCUT2D eigenvalue weighted by Gasteiger charge is -2.20. The van der Waals surface area contributed by atoms with Gasteiger partial charge in [0.25, 0.3) is 0 Å². The topological polar surface area (TPSA) is 83.1 Å². The zero-order chi connectivity index (χ0) is 16.0. The number of imide groups is 1. The van der Waals surface area contributed by atoms with Gasteiger partial charge in [-0.1, -0.05) is 12.1 Å². The third kappa shape index (κ3) is 2.08. The zero-order valence-corrected chi connectivity index (χ0v) is 12.1. The smallest absolute Gasteiger partial charge is 0.234 e. The van der Waals surface area contributed by atoms with Crippen molar-refractivity contribution in [2.24, 2.45) is 0 Å². The number of furan rings is 1. The number of rotatable bonds is 1. The van der Waals surface area contributed by atoms with Gasteiger partial charge < -0.3 is 4.42 Å². The van der Waals surface area contributed by atoms with Crippen molar-refractivity contribution in [2.75, 3.05) is 0 Å². The van der Waals surface area contributed by atoms with Crippen molar-refractivity contribution < 1.29 is 14.0 Å². The van der Waals surface area contributed by atoms with E-state index in [0.717, 1.165) is 21.7 Å². The molecule has 4 rings (SSSR count). The summed E-state index contributed by atoms with van der Waals surface area (Å²) in [6.45, 7) is 0. The van der Waals surface area contributed by atoms with Crippen LogP contribution in [0.4, 0.5) is 0 Å². The van der Waals surface area contributed by atoms with Crippen molar-refractivity contribution in [3.8, 4) is 6.07 Å². The highest BCUT2D eigenvalue weighted by atomic mass is 16.3. The van der Waals surface area contributed by atoms with Crippen LogP contribution in [0.2, 0.25) is 0 Å². The highest BCUT2D eigenvalue weighted by Gasteiger charge is 2.30. The standard InChI is InChI=1S/C18H12N2O3/c19-8-10-1-3-12-11(7-10)2-5-15-17(12)14(9-23-15)13-4-6-16(21)20-18(13)22/h1-3,5,7,9,13H,4,6H2,(H,20,21,22). The molecule has 1 N–H and O–H groups in total. The Morgan fingerprint density at radius 2 is 2.09 bits per heavy atom. The minimum absolute atomic E-state index is 0.234. The van der Waals surface area contributed by atoms with Crippen LogP contribution in [0.15, 0.2) is 41.0 Å². The summed E-state index contributed by atoms with van der Waals surface area (Å²) in [5.74, 6) is -0.910. The number of nitrogens with zero attached hydrogens (tertiary/aromatic N) is 1. The predicted octanol–water partition coefficient (Wildman–Crippen LogP) is 2.98. The molecule has 2 aromatic carbocycles. The van der Waals surface area contributed by atoms with Crippen molar-refractivity contribution in [1.82, 2.24) is 5.32 Å². The maximum Gasteiger partial charge on any atom is 0.234 e. The van der Waals surface area contributed by atoms with Crippen LogP contribution in [-0.2, 0) is 9.59 Å². The number of carbonyl (C=O) groups excluding carboxylic acids is 2. The third-order valence-corrected chi connectivity index (χ3v) is 4.33. The van der Waals surface area contributed by atoms with Gasteiger partial charge in [-0.15, -0.1) is 0 Å². The Bertz CT molecular complexity index is 1010. The Morgan fingerprint density at radius 3 is 2.87 bits per heavy atom. The van der Waals surface area contributed by atoms with Gasteiger partial charge in [-0.25, -0.2) is 0 Å². The minimum atomic E-state index is -0.393. The molecular formula is C18H12N2O3. The van der Waals surface area contributed by atoms with E-state index in [0.29, 0.717) is 24.0 Å². The molecule has 1 aliphatic rings. The number of fused-ring (bicyclic) bond motifs is 3. The van der Waals surface area contributed by atoms with Crippen LogP contribution in [0.5, 0.6) is 0 Å². The lowest BCUT2D eigenvalue weighted by Crippen LogP contribution is -2.39. The number of nitriles is 1. The molecule has 1 unspecified atom stereocenters. The van der Waals surface area contributed by atoms with E-state index in [1.165, 1.54) is 0 Å². The molecule has 0 bridgehead atoms. The Hall–Kier alpha value is -3.13. The molecule has 1 aliphatic heterocycles. The number of hydrogen-bond donors (Lipinski definition) is 1. The molecule has 3 aromatic rings. The molecule has 5 heteroatoms. The SMILES string of the molecule is N#Cc1ccc2c(ccc3occ(C4CCC(=O)NC4=O)c32)c1. The van der Waals surface area contributed by atoms with Crippen LogP contribution >= 0.6 is 0 Å². The largest absolute Gasteiger partial charge is 0.464 e. The molecule has 2 amide bonds.